The smallest absolute Gasteiger partial charge is 0.0820 e. The minimum Gasteiger partial charge on any atom is -0.388 e. The lowest BCUT2D eigenvalue weighted by molar-refractivity contribution is 0.0983. The largest absolute Gasteiger partial charge is 0.388 e. The third-order valence-electron chi connectivity index (χ3n) is 3.77. The molecule has 2 heteroatoms. The van der Waals surface area contributed by atoms with Crippen molar-refractivity contribution in [1.82, 2.24) is 0 Å². The molecule has 0 fully saturated rings. The summed E-state index contributed by atoms with van der Waals surface area (Å²) >= 11 is 3.54. The van der Waals surface area contributed by atoms with E-state index in [-0.39, 0.29) is 6.10 Å². The van der Waals surface area contributed by atoms with Crippen LogP contribution in [-0.4, -0.2) is 5.11 Å². The first-order chi connectivity index (χ1) is 8.51. The maximum Gasteiger partial charge on any atom is 0.0820 e. The quantitative estimate of drug-likeness (QED) is 0.754. The fraction of sp³-hybridized carbons (Fsp3) is 0.625. The lowest BCUT2D eigenvalue weighted by atomic mass is 9.87. The van der Waals surface area contributed by atoms with Crippen LogP contribution in [-0.2, 0) is 0 Å². The van der Waals surface area contributed by atoms with Crippen LogP contribution in [0.4, 0.5) is 0 Å². The Kier molecular flexibility index (Phi) is 6.37. The Morgan fingerprint density at radius 1 is 1.17 bits per heavy atom. The van der Waals surface area contributed by atoms with Crippen molar-refractivity contribution >= 4 is 15.9 Å². The monoisotopic (exact) mass is 312 g/mol. The Labute approximate surface area is 120 Å². The summed E-state index contributed by atoms with van der Waals surface area (Å²) in [5.41, 5.74) is 3.47. The van der Waals surface area contributed by atoms with E-state index >= 15 is 0 Å². The van der Waals surface area contributed by atoms with Gasteiger partial charge in [0, 0.05) is 4.47 Å². The molecule has 0 aliphatic rings. The molecule has 18 heavy (non-hydrogen) atoms. The molecule has 102 valence electrons. The van der Waals surface area contributed by atoms with Crippen LogP contribution in [0.25, 0.3) is 0 Å². The van der Waals surface area contributed by atoms with E-state index in [4.69, 9.17) is 0 Å². The molecule has 2 unspecified atom stereocenters. The molecule has 0 aliphatic carbocycles. The molecule has 0 aromatic heterocycles. The van der Waals surface area contributed by atoms with Gasteiger partial charge in [0.1, 0.15) is 0 Å². The summed E-state index contributed by atoms with van der Waals surface area (Å²) < 4.78 is 1.12. The van der Waals surface area contributed by atoms with Crippen LogP contribution in [0.5, 0.6) is 0 Å². The molecule has 0 spiro atoms. The number of rotatable bonds is 6. The van der Waals surface area contributed by atoms with Crippen LogP contribution in [0, 0.1) is 19.8 Å². The van der Waals surface area contributed by atoms with Crippen molar-refractivity contribution in [3.63, 3.8) is 0 Å². The van der Waals surface area contributed by atoms with Crippen molar-refractivity contribution in [2.24, 2.45) is 5.92 Å². The second-order valence-electron chi connectivity index (χ2n) is 5.21. The van der Waals surface area contributed by atoms with Crippen LogP contribution in [0.3, 0.4) is 0 Å². The Bertz CT molecular complexity index is 387. The predicted molar refractivity (Wildman–Crippen MR) is 81.9 cm³/mol. The van der Waals surface area contributed by atoms with Crippen molar-refractivity contribution < 1.29 is 5.11 Å². The van der Waals surface area contributed by atoms with Gasteiger partial charge in [-0.15, -0.1) is 0 Å². The summed E-state index contributed by atoms with van der Waals surface area (Å²) in [6, 6.07) is 4.24. The van der Waals surface area contributed by atoms with E-state index in [0.29, 0.717) is 5.92 Å². The molecule has 0 aliphatic heterocycles. The molecular formula is C16H25BrO. The number of hydrogen-bond donors (Lipinski definition) is 1. The maximum atomic E-state index is 10.6. The molecule has 0 radical (unpaired) electrons. The maximum absolute atomic E-state index is 10.6. The molecular weight excluding hydrogens is 288 g/mol. The zero-order valence-corrected chi connectivity index (χ0v) is 13.5. The molecule has 0 amide bonds. The summed E-state index contributed by atoms with van der Waals surface area (Å²) in [5, 5.41) is 10.6. The van der Waals surface area contributed by atoms with Crippen LogP contribution in [0.15, 0.2) is 16.6 Å². The van der Waals surface area contributed by atoms with Crippen LogP contribution in [0.2, 0.25) is 0 Å². The number of unbranched alkanes of at least 4 members (excludes halogenated alkanes) is 1. The molecule has 2 atom stereocenters. The number of aliphatic hydroxyl groups excluding tert-OH is 1. The zero-order chi connectivity index (χ0) is 13.7. The van der Waals surface area contributed by atoms with Gasteiger partial charge in [-0.3, -0.25) is 0 Å². The minimum absolute atomic E-state index is 0.326. The van der Waals surface area contributed by atoms with Gasteiger partial charge in [-0.05, 0) is 48.9 Å². The van der Waals surface area contributed by atoms with Crippen molar-refractivity contribution in [1.29, 1.82) is 0 Å². The van der Waals surface area contributed by atoms with Crippen LogP contribution < -0.4 is 0 Å². The average Bonchev–Trinajstić information content (AvgIpc) is 2.34. The van der Waals surface area contributed by atoms with Gasteiger partial charge in [0.15, 0.2) is 0 Å². The molecule has 1 N–H and O–H groups in total. The third-order valence-corrected chi connectivity index (χ3v) is 4.62. The Hall–Kier alpha value is -0.340. The number of hydrogen-bond acceptors (Lipinski definition) is 1. The topological polar surface area (TPSA) is 20.2 Å². The summed E-state index contributed by atoms with van der Waals surface area (Å²) in [5.74, 6) is 0.379. The van der Waals surface area contributed by atoms with E-state index < -0.39 is 0 Å². The molecule has 0 saturated carbocycles. The van der Waals surface area contributed by atoms with Gasteiger partial charge < -0.3 is 5.11 Å². The standard InChI is InChI=1S/C16H25BrO/c1-5-7-8-13(6-2)16(18)14-9-12(4)15(17)10-11(14)3/h9-10,13,16,18H,5-8H2,1-4H3. The Morgan fingerprint density at radius 2 is 1.83 bits per heavy atom. The molecule has 0 bridgehead atoms. The molecule has 1 rings (SSSR count). The lowest BCUT2D eigenvalue weighted by Crippen LogP contribution is -2.13. The predicted octanol–water partition coefficient (Wildman–Crippen LogP) is 5.32. The van der Waals surface area contributed by atoms with Crippen molar-refractivity contribution in [3.05, 3.63) is 33.3 Å². The summed E-state index contributed by atoms with van der Waals surface area (Å²) in [6.07, 6.45) is 4.22. The molecule has 1 aromatic rings. The van der Waals surface area contributed by atoms with E-state index in [1.54, 1.807) is 0 Å². The van der Waals surface area contributed by atoms with E-state index in [2.05, 4.69) is 55.8 Å². The Morgan fingerprint density at radius 3 is 2.39 bits per heavy atom. The van der Waals surface area contributed by atoms with Crippen LogP contribution >= 0.6 is 15.9 Å². The van der Waals surface area contributed by atoms with Crippen molar-refractivity contribution in [2.45, 2.75) is 59.5 Å². The van der Waals surface area contributed by atoms with Gasteiger partial charge in [0.05, 0.1) is 6.10 Å². The van der Waals surface area contributed by atoms with Gasteiger partial charge in [-0.1, -0.05) is 55.1 Å². The number of aryl methyl sites for hydroxylation is 2. The lowest BCUT2D eigenvalue weighted by Gasteiger charge is -2.24. The minimum atomic E-state index is -0.326. The summed E-state index contributed by atoms with van der Waals surface area (Å²) in [4.78, 5) is 0. The number of benzene rings is 1. The van der Waals surface area contributed by atoms with Gasteiger partial charge in [-0.2, -0.15) is 0 Å². The fourth-order valence-corrected chi connectivity index (χ4v) is 2.89. The van der Waals surface area contributed by atoms with E-state index in [0.717, 1.165) is 22.9 Å². The van der Waals surface area contributed by atoms with Crippen LogP contribution in [0.1, 0.15) is 62.3 Å². The first kappa shape index (κ1) is 15.7. The number of aliphatic hydroxyl groups is 1. The van der Waals surface area contributed by atoms with Gasteiger partial charge in [-0.25, -0.2) is 0 Å². The normalized spacial score (nSPS) is 14.6. The number of halogens is 1. The van der Waals surface area contributed by atoms with Crippen molar-refractivity contribution in [3.8, 4) is 0 Å². The summed E-state index contributed by atoms with van der Waals surface area (Å²) in [7, 11) is 0. The molecule has 0 saturated heterocycles. The first-order valence-corrected chi connectivity index (χ1v) is 7.75. The fourth-order valence-electron chi connectivity index (χ4n) is 2.43. The zero-order valence-electron chi connectivity index (χ0n) is 12.0. The highest BCUT2D eigenvalue weighted by molar-refractivity contribution is 9.10. The molecule has 0 heterocycles. The highest BCUT2D eigenvalue weighted by Crippen LogP contribution is 2.33. The second-order valence-corrected chi connectivity index (χ2v) is 6.07. The van der Waals surface area contributed by atoms with Gasteiger partial charge >= 0.3 is 0 Å². The Balaban J connectivity index is 2.94. The highest BCUT2D eigenvalue weighted by atomic mass is 79.9. The third kappa shape index (κ3) is 3.83. The molecule has 1 nitrogen and oxygen atoms in total. The second kappa shape index (κ2) is 7.30. The van der Waals surface area contributed by atoms with E-state index in [1.807, 2.05) is 0 Å². The highest BCUT2D eigenvalue weighted by Gasteiger charge is 2.20. The van der Waals surface area contributed by atoms with Gasteiger partial charge in [0.25, 0.3) is 0 Å². The SMILES string of the molecule is CCCCC(CC)C(O)c1cc(C)c(Br)cc1C. The molecule has 1 aromatic carbocycles. The summed E-state index contributed by atoms with van der Waals surface area (Å²) in [6.45, 7) is 8.53. The average molecular weight is 313 g/mol. The first-order valence-electron chi connectivity index (χ1n) is 6.95. The van der Waals surface area contributed by atoms with E-state index in [1.165, 1.54) is 24.0 Å². The van der Waals surface area contributed by atoms with E-state index in [9.17, 15) is 5.11 Å². The van der Waals surface area contributed by atoms with Crippen molar-refractivity contribution in [2.75, 3.05) is 0 Å². The van der Waals surface area contributed by atoms with Gasteiger partial charge in [0.2, 0.25) is 0 Å².